The molecule has 0 aromatic rings. The van der Waals surface area contributed by atoms with Gasteiger partial charge in [0.1, 0.15) is 12.7 Å². The van der Waals surface area contributed by atoms with Crippen molar-refractivity contribution in [1.82, 2.24) is 0 Å². The summed E-state index contributed by atoms with van der Waals surface area (Å²) in [6.07, 6.45) is -4.94. The van der Waals surface area contributed by atoms with Crippen LogP contribution < -0.4 is 0 Å². The van der Waals surface area contributed by atoms with E-state index in [1.54, 1.807) is 0 Å². The average molecular weight is 216 g/mol. The van der Waals surface area contributed by atoms with Crippen LogP contribution in [0.2, 0.25) is 0 Å². The van der Waals surface area contributed by atoms with E-state index in [9.17, 15) is 8.78 Å². The Morgan fingerprint density at radius 2 is 1.79 bits per heavy atom. The highest BCUT2D eigenvalue weighted by atomic mass is 19.3. The monoisotopic (exact) mass is 216 g/mol. The maximum Gasteiger partial charge on any atom is 0.376 e. The minimum Gasteiger partial charge on any atom is -0.394 e. The maximum absolute atomic E-state index is 11.8. The van der Waals surface area contributed by atoms with Gasteiger partial charge in [0.15, 0.2) is 0 Å². The fourth-order valence-corrected chi connectivity index (χ4v) is 0.650. The maximum atomic E-state index is 11.8. The van der Waals surface area contributed by atoms with Gasteiger partial charge in [0.2, 0.25) is 0 Å². The van der Waals surface area contributed by atoms with Gasteiger partial charge in [0, 0.05) is 0 Å². The van der Waals surface area contributed by atoms with Crippen LogP contribution in [0.5, 0.6) is 0 Å². The van der Waals surface area contributed by atoms with Crippen LogP contribution in [-0.2, 0) is 9.47 Å². The molecule has 0 aliphatic carbocycles. The highest BCUT2D eigenvalue weighted by Crippen LogP contribution is 2.07. The molecule has 0 fully saturated rings. The molecule has 0 saturated carbocycles. The Hall–Kier alpha value is -0.340. The third-order valence-corrected chi connectivity index (χ3v) is 1.13. The van der Waals surface area contributed by atoms with E-state index in [0.29, 0.717) is 0 Å². The number of hydrogen-bond donors (Lipinski definition) is 3. The van der Waals surface area contributed by atoms with Crippen molar-refractivity contribution in [1.29, 1.82) is 0 Å². The molecule has 1 unspecified atom stereocenters. The molecule has 0 heterocycles. The molecule has 0 aromatic carbocycles. The number of alkyl halides is 2. The molecule has 0 amide bonds. The Bertz CT molecular complexity index is 139. The van der Waals surface area contributed by atoms with Gasteiger partial charge < -0.3 is 24.8 Å². The zero-order valence-electron chi connectivity index (χ0n) is 7.53. The van der Waals surface area contributed by atoms with E-state index in [1.165, 1.54) is 0 Å². The Labute approximate surface area is 79.9 Å². The van der Waals surface area contributed by atoms with Gasteiger partial charge in [-0.05, 0) is 0 Å². The van der Waals surface area contributed by atoms with Gasteiger partial charge in [-0.3, -0.25) is 0 Å². The van der Waals surface area contributed by atoms with Gasteiger partial charge >= 0.3 is 6.11 Å². The summed E-state index contributed by atoms with van der Waals surface area (Å²) < 4.78 is 32.5. The van der Waals surface area contributed by atoms with Crippen molar-refractivity contribution in [2.24, 2.45) is 0 Å². The Morgan fingerprint density at radius 3 is 2.29 bits per heavy atom. The molecule has 0 spiro atoms. The zero-order chi connectivity index (χ0) is 11.0. The summed E-state index contributed by atoms with van der Waals surface area (Å²) in [5, 5.41) is 25.2. The lowest BCUT2D eigenvalue weighted by atomic mass is 10.4. The lowest BCUT2D eigenvalue weighted by molar-refractivity contribution is -0.235. The van der Waals surface area contributed by atoms with Crippen LogP contribution in [0.25, 0.3) is 0 Å². The first-order chi connectivity index (χ1) is 6.45. The molecule has 3 N–H and O–H groups in total. The highest BCUT2D eigenvalue weighted by Gasteiger charge is 2.24. The largest absolute Gasteiger partial charge is 0.394 e. The van der Waals surface area contributed by atoms with E-state index in [2.05, 4.69) is 4.74 Å². The summed E-state index contributed by atoms with van der Waals surface area (Å²) in [5.74, 6) is 0. The fraction of sp³-hybridized carbons (Fsp3) is 1.00. The molecule has 14 heavy (non-hydrogen) atoms. The van der Waals surface area contributed by atoms with Crippen molar-refractivity contribution in [3.63, 3.8) is 0 Å². The third kappa shape index (κ3) is 9.75. The molecule has 0 radical (unpaired) electrons. The molecule has 1 atom stereocenters. The lowest BCUT2D eigenvalue weighted by Crippen LogP contribution is -2.28. The molecule has 0 saturated heterocycles. The minimum absolute atomic E-state index is 0.0627. The predicted octanol–water partition coefficient (Wildman–Crippen LogP) is -1.04. The van der Waals surface area contributed by atoms with Crippen molar-refractivity contribution < 1.29 is 33.6 Å². The second kappa shape index (κ2) is 7.02. The number of aliphatic hydroxyl groups excluding tert-OH is 2. The number of ether oxygens (including phenoxy) is 2. The van der Waals surface area contributed by atoms with Gasteiger partial charge in [-0.2, -0.15) is 8.78 Å². The number of rotatable bonds is 8. The number of halogens is 2. The Kier molecular flexibility index (Phi) is 6.85. The van der Waals surface area contributed by atoms with Crippen LogP contribution in [0.15, 0.2) is 0 Å². The standard InChI is InChI=1S/C7H14F2O5/c8-7(9,12)5-14-4-6(11)3-13-2-1-10/h6,10-12H,1-5H2. The van der Waals surface area contributed by atoms with Crippen LogP contribution >= 0.6 is 0 Å². The third-order valence-electron chi connectivity index (χ3n) is 1.13. The quantitative estimate of drug-likeness (QED) is 0.451. The van der Waals surface area contributed by atoms with E-state index in [0.717, 1.165) is 0 Å². The molecular formula is C7H14F2O5. The topological polar surface area (TPSA) is 79.2 Å². The van der Waals surface area contributed by atoms with Crippen LogP contribution in [0.1, 0.15) is 0 Å². The van der Waals surface area contributed by atoms with Crippen molar-refractivity contribution in [3.8, 4) is 0 Å². The van der Waals surface area contributed by atoms with Gasteiger partial charge in [-0.25, -0.2) is 0 Å². The molecule has 0 bridgehead atoms. The van der Waals surface area contributed by atoms with Crippen LogP contribution in [0.3, 0.4) is 0 Å². The highest BCUT2D eigenvalue weighted by molar-refractivity contribution is 4.53. The van der Waals surface area contributed by atoms with E-state index in [1.807, 2.05) is 0 Å². The van der Waals surface area contributed by atoms with Crippen molar-refractivity contribution in [3.05, 3.63) is 0 Å². The van der Waals surface area contributed by atoms with Gasteiger partial charge in [-0.1, -0.05) is 0 Å². The summed E-state index contributed by atoms with van der Waals surface area (Å²) in [4.78, 5) is 0. The van der Waals surface area contributed by atoms with Gasteiger partial charge in [0.25, 0.3) is 0 Å². The average Bonchev–Trinajstić information content (AvgIpc) is 2.02. The van der Waals surface area contributed by atoms with E-state index in [-0.39, 0.29) is 26.4 Å². The Morgan fingerprint density at radius 1 is 1.21 bits per heavy atom. The molecule has 0 aliphatic heterocycles. The molecule has 7 heteroatoms. The van der Waals surface area contributed by atoms with Crippen LogP contribution in [0.4, 0.5) is 8.78 Å². The second-order valence-corrected chi connectivity index (χ2v) is 2.63. The second-order valence-electron chi connectivity index (χ2n) is 2.63. The normalized spacial score (nSPS) is 14.4. The fourth-order valence-electron chi connectivity index (χ4n) is 0.650. The van der Waals surface area contributed by atoms with Crippen LogP contribution in [-0.4, -0.2) is 60.6 Å². The van der Waals surface area contributed by atoms with E-state index in [4.69, 9.17) is 20.1 Å². The first-order valence-corrected chi connectivity index (χ1v) is 4.00. The zero-order valence-corrected chi connectivity index (χ0v) is 7.53. The van der Waals surface area contributed by atoms with Crippen molar-refractivity contribution in [2.75, 3.05) is 33.0 Å². The first-order valence-electron chi connectivity index (χ1n) is 4.00. The predicted molar refractivity (Wildman–Crippen MR) is 41.9 cm³/mol. The molecular weight excluding hydrogens is 202 g/mol. The summed E-state index contributed by atoms with van der Waals surface area (Å²) in [7, 11) is 0. The minimum atomic E-state index is -3.88. The summed E-state index contributed by atoms with van der Waals surface area (Å²) in [5.41, 5.74) is 0. The lowest BCUT2D eigenvalue weighted by Gasteiger charge is -2.13. The van der Waals surface area contributed by atoms with Crippen LogP contribution in [0, 0.1) is 0 Å². The number of aliphatic hydroxyl groups is 3. The number of hydrogen-bond acceptors (Lipinski definition) is 5. The molecule has 86 valence electrons. The van der Waals surface area contributed by atoms with Crippen molar-refractivity contribution >= 4 is 0 Å². The smallest absolute Gasteiger partial charge is 0.376 e. The Balaban J connectivity index is 3.31. The summed E-state index contributed by atoms with van der Waals surface area (Å²) in [6, 6.07) is 0. The first kappa shape index (κ1) is 13.7. The molecule has 0 aromatic heterocycles. The summed E-state index contributed by atoms with van der Waals surface area (Å²) in [6.45, 7) is -1.75. The van der Waals surface area contributed by atoms with Gasteiger partial charge in [-0.15, -0.1) is 0 Å². The summed E-state index contributed by atoms with van der Waals surface area (Å²) >= 11 is 0. The van der Waals surface area contributed by atoms with E-state index < -0.39 is 18.8 Å². The van der Waals surface area contributed by atoms with E-state index >= 15 is 0 Å². The molecule has 0 aliphatic rings. The van der Waals surface area contributed by atoms with Crippen molar-refractivity contribution in [2.45, 2.75) is 12.2 Å². The van der Waals surface area contributed by atoms with Gasteiger partial charge in [0.05, 0.1) is 26.4 Å². The SMILES string of the molecule is OCCOCC(O)COCC(O)(F)F. The molecule has 5 nitrogen and oxygen atoms in total. The molecule has 0 rings (SSSR count).